The van der Waals surface area contributed by atoms with Gasteiger partial charge in [0.2, 0.25) is 11.8 Å². The summed E-state index contributed by atoms with van der Waals surface area (Å²) in [4.78, 5) is 21.6. The molecule has 1 saturated heterocycles. The molecule has 0 spiro atoms. The predicted octanol–water partition coefficient (Wildman–Crippen LogP) is -3.58. The van der Waals surface area contributed by atoms with Crippen molar-refractivity contribution in [3.63, 3.8) is 0 Å². The Morgan fingerprint density at radius 2 is 1.81 bits per heavy atom. The minimum Gasteiger partial charge on any atom is -0.388 e. The van der Waals surface area contributed by atoms with Gasteiger partial charge in [-0.2, -0.15) is 0 Å². The lowest BCUT2D eigenvalue weighted by atomic mass is 9.96. The van der Waals surface area contributed by atoms with Crippen LogP contribution in [-0.2, 0) is 14.3 Å². The van der Waals surface area contributed by atoms with Crippen LogP contribution in [0.5, 0.6) is 0 Å². The van der Waals surface area contributed by atoms with Crippen LogP contribution in [0.25, 0.3) is 0 Å². The van der Waals surface area contributed by atoms with Crippen molar-refractivity contribution in [2.24, 2.45) is 5.73 Å². The summed E-state index contributed by atoms with van der Waals surface area (Å²) in [5.74, 6) is -1.52. The van der Waals surface area contributed by atoms with Crippen LogP contribution in [-0.4, -0.2) is 57.8 Å². The quantitative estimate of drug-likeness (QED) is 0.334. The van der Waals surface area contributed by atoms with Crippen LogP contribution in [0.3, 0.4) is 0 Å². The molecular formula is C8H14N2O6. The van der Waals surface area contributed by atoms with Crippen molar-refractivity contribution < 1.29 is 29.6 Å². The molecule has 0 saturated carbocycles. The van der Waals surface area contributed by atoms with Gasteiger partial charge in [-0.05, 0) is 0 Å². The lowest BCUT2D eigenvalue weighted by molar-refractivity contribution is -0.242. The third-order valence-electron chi connectivity index (χ3n) is 2.27. The van der Waals surface area contributed by atoms with E-state index in [9.17, 15) is 24.9 Å². The highest BCUT2D eigenvalue weighted by atomic mass is 16.6. The van der Waals surface area contributed by atoms with E-state index in [0.717, 1.165) is 0 Å². The third kappa shape index (κ3) is 2.47. The second kappa shape index (κ2) is 4.74. The van der Waals surface area contributed by atoms with Gasteiger partial charge in [0, 0.05) is 6.92 Å². The normalized spacial score (nSPS) is 39.1. The number of carbonyl (C=O) groups is 2. The van der Waals surface area contributed by atoms with Crippen molar-refractivity contribution in [1.29, 1.82) is 0 Å². The van der Waals surface area contributed by atoms with E-state index in [-0.39, 0.29) is 0 Å². The monoisotopic (exact) mass is 234 g/mol. The van der Waals surface area contributed by atoms with Crippen molar-refractivity contribution in [2.75, 3.05) is 0 Å². The molecule has 8 nitrogen and oxygen atoms in total. The van der Waals surface area contributed by atoms with E-state index in [4.69, 9.17) is 10.5 Å². The number of aliphatic hydroxyl groups is 3. The van der Waals surface area contributed by atoms with Crippen molar-refractivity contribution in [2.45, 2.75) is 37.6 Å². The van der Waals surface area contributed by atoms with Gasteiger partial charge < -0.3 is 31.1 Å². The molecule has 6 N–H and O–H groups in total. The Balaban J connectivity index is 2.79. The van der Waals surface area contributed by atoms with Crippen molar-refractivity contribution in [1.82, 2.24) is 5.32 Å². The SMILES string of the molecule is CC(=O)N[C@@H]1[C@@H](O)[C@H](O)[C@@H](C(N)=O)O[C@H]1O. The lowest BCUT2D eigenvalue weighted by Gasteiger charge is -2.39. The summed E-state index contributed by atoms with van der Waals surface area (Å²) in [5.41, 5.74) is 4.90. The molecule has 2 amide bonds. The summed E-state index contributed by atoms with van der Waals surface area (Å²) in [6, 6.07) is -1.21. The molecule has 8 heteroatoms. The number of aliphatic hydroxyl groups excluding tert-OH is 3. The Morgan fingerprint density at radius 3 is 2.25 bits per heavy atom. The van der Waals surface area contributed by atoms with Gasteiger partial charge >= 0.3 is 0 Å². The van der Waals surface area contributed by atoms with E-state index in [1.165, 1.54) is 6.92 Å². The number of hydrogen-bond donors (Lipinski definition) is 5. The molecule has 0 unspecified atom stereocenters. The fourth-order valence-electron chi connectivity index (χ4n) is 1.50. The molecule has 0 aromatic rings. The zero-order valence-corrected chi connectivity index (χ0v) is 8.53. The van der Waals surface area contributed by atoms with Gasteiger partial charge in [0.15, 0.2) is 12.4 Å². The molecule has 0 bridgehead atoms. The first kappa shape index (κ1) is 12.8. The van der Waals surface area contributed by atoms with E-state index in [0.29, 0.717) is 0 Å². The molecule has 0 aromatic carbocycles. The summed E-state index contributed by atoms with van der Waals surface area (Å²) >= 11 is 0. The van der Waals surface area contributed by atoms with Gasteiger partial charge in [-0.3, -0.25) is 9.59 Å². The van der Waals surface area contributed by atoms with Crippen LogP contribution in [0.15, 0.2) is 0 Å². The van der Waals surface area contributed by atoms with Crippen molar-refractivity contribution in [3.8, 4) is 0 Å². The summed E-state index contributed by atoms with van der Waals surface area (Å²) in [6.07, 6.45) is -6.25. The molecule has 0 aromatic heterocycles. The number of carbonyl (C=O) groups excluding carboxylic acids is 2. The van der Waals surface area contributed by atoms with Crippen LogP contribution >= 0.6 is 0 Å². The average molecular weight is 234 g/mol. The highest BCUT2D eigenvalue weighted by Gasteiger charge is 2.46. The van der Waals surface area contributed by atoms with Crippen LogP contribution in [0.1, 0.15) is 6.92 Å². The molecule has 92 valence electrons. The minimum absolute atomic E-state index is 0.517. The number of nitrogens with one attached hydrogen (secondary N) is 1. The van der Waals surface area contributed by atoms with Gasteiger partial charge in [0.05, 0.1) is 0 Å². The third-order valence-corrected chi connectivity index (χ3v) is 2.27. The fraction of sp³-hybridized carbons (Fsp3) is 0.750. The Kier molecular flexibility index (Phi) is 3.81. The molecule has 1 aliphatic rings. The summed E-state index contributed by atoms with van der Waals surface area (Å²) < 4.78 is 4.70. The first-order valence-electron chi connectivity index (χ1n) is 4.60. The van der Waals surface area contributed by atoms with Crippen molar-refractivity contribution in [3.05, 3.63) is 0 Å². The topological polar surface area (TPSA) is 142 Å². The molecule has 16 heavy (non-hydrogen) atoms. The summed E-state index contributed by atoms with van der Waals surface area (Å²) in [7, 11) is 0. The van der Waals surface area contributed by atoms with Crippen LogP contribution in [0.4, 0.5) is 0 Å². The van der Waals surface area contributed by atoms with E-state index in [1.54, 1.807) is 0 Å². The second-order valence-electron chi connectivity index (χ2n) is 3.56. The smallest absolute Gasteiger partial charge is 0.249 e. The zero-order chi connectivity index (χ0) is 12.5. The zero-order valence-electron chi connectivity index (χ0n) is 8.53. The minimum atomic E-state index is -1.61. The molecule has 1 heterocycles. The molecule has 1 aliphatic heterocycles. The number of rotatable bonds is 2. The van der Waals surface area contributed by atoms with Gasteiger partial charge in [-0.1, -0.05) is 0 Å². The molecule has 5 atom stereocenters. The second-order valence-corrected chi connectivity index (χ2v) is 3.56. The largest absolute Gasteiger partial charge is 0.388 e. The van der Waals surface area contributed by atoms with E-state index in [1.807, 2.05) is 0 Å². The molecule has 0 radical (unpaired) electrons. The van der Waals surface area contributed by atoms with Crippen molar-refractivity contribution >= 4 is 11.8 Å². The number of nitrogens with two attached hydrogens (primary N) is 1. The van der Waals surface area contributed by atoms with Gasteiger partial charge in [0.1, 0.15) is 18.2 Å². The van der Waals surface area contributed by atoms with E-state index < -0.39 is 42.5 Å². The highest BCUT2D eigenvalue weighted by Crippen LogP contribution is 2.19. The van der Waals surface area contributed by atoms with E-state index in [2.05, 4.69) is 5.32 Å². The molecule has 1 rings (SSSR count). The van der Waals surface area contributed by atoms with Gasteiger partial charge in [-0.15, -0.1) is 0 Å². The van der Waals surface area contributed by atoms with Crippen LogP contribution in [0, 0.1) is 0 Å². The number of amides is 2. The molecule has 1 fully saturated rings. The maximum atomic E-state index is 10.8. The Morgan fingerprint density at radius 1 is 1.25 bits per heavy atom. The molecular weight excluding hydrogens is 220 g/mol. The number of primary amides is 1. The first-order valence-corrected chi connectivity index (χ1v) is 4.60. The number of hydrogen-bond acceptors (Lipinski definition) is 6. The lowest BCUT2D eigenvalue weighted by Crippen LogP contribution is -2.65. The summed E-state index contributed by atoms with van der Waals surface area (Å²) in [6.45, 7) is 1.17. The van der Waals surface area contributed by atoms with E-state index >= 15 is 0 Å². The maximum Gasteiger partial charge on any atom is 0.249 e. The Labute approximate surface area is 91.0 Å². The number of ether oxygens (including phenoxy) is 1. The summed E-state index contributed by atoms with van der Waals surface area (Å²) in [5, 5.41) is 30.6. The highest BCUT2D eigenvalue weighted by molar-refractivity contribution is 5.80. The Bertz CT molecular complexity index is 296. The van der Waals surface area contributed by atoms with Gasteiger partial charge in [0.25, 0.3) is 0 Å². The van der Waals surface area contributed by atoms with Crippen LogP contribution in [0.2, 0.25) is 0 Å². The van der Waals surface area contributed by atoms with Gasteiger partial charge in [-0.25, -0.2) is 0 Å². The standard InChI is InChI=1S/C8H14N2O6/c1-2(11)10-3-4(12)5(13)6(7(9)14)16-8(3)15/h3-6,8,12-13,15H,1H3,(H2,9,14)(H,10,11)/t3-,4-,5+,6+,8-/m1/s1. The fourth-order valence-corrected chi connectivity index (χ4v) is 1.50. The first-order chi connectivity index (χ1) is 7.34. The maximum absolute atomic E-state index is 10.8. The Hall–Kier alpha value is -1.22. The molecule has 0 aliphatic carbocycles. The predicted molar refractivity (Wildman–Crippen MR) is 49.7 cm³/mol. The average Bonchev–Trinajstić information content (AvgIpc) is 2.17. The van der Waals surface area contributed by atoms with Crippen LogP contribution < -0.4 is 11.1 Å².